The van der Waals surface area contributed by atoms with Crippen molar-refractivity contribution in [2.75, 3.05) is 63.5 Å². The van der Waals surface area contributed by atoms with E-state index < -0.39 is 116 Å². The SMILES string of the molecule is C.C=C1C(n2cnc3c(=O)[nH]c(N)nc32)C[C@H](O)[C@H]1CO[P@]1(=O)OCC[C@H](c2cc(F)cc(Cl)c2)O1.C=C1C(n2cnc3c(=O)[nH]c(N)nc32)C[C@H](O[Si](C)(C)C(C)(C)C)[C@H]1CO.C=C1C(n2cnc3c(=O)[nH]c(N)nc32)C[C@H](O[Si](C)(C)C(C)(C)C)[C@H]1CO[P@]1(=O)OCC[C@H](c2cc(F)cc(Cl)c2)O1.CP.O=[N+]([O-])c1ccc(OP2(=O)OCC[C@H](c3cc(F)cc(Cl)c3)O2)cc1. The second kappa shape index (κ2) is 42.0. The molecular formula is C83H108Cl3F3N16O21P4Si2. The van der Waals surface area contributed by atoms with Gasteiger partial charge < -0.3 is 54.5 Å². The number of nitrogens with one attached hydrogen (secondary N) is 3. The number of phosphoric acid groups is 3. The van der Waals surface area contributed by atoms with Crippen molar-refractivity contribution in [1.82, 2.24) is 58.6 Å². The van der Waals surface area contributed by atoms with Crippen LogP contribution in [-0.2, 0) is 58.7 Å². The van der Waals surface area contributed by atoms with E-state index in [-0.39, 0.29) is 166 Å². The maximum absolute atomic E-state index is 14.0. The number of aliphatic hydroxyl groups is 2. The molecule has 5 unspecified atom stereocenters. The molecule has 6 aromatic heterocycles. The zero-order chi connectivity index (χ0) is 95.7. The Kier molecular flexibility index (Phi) is 33.1. The van der Waals surface area contributed by atoms with E-state index in [4.69, 9.17) is 102 Å². The summed E-state index contributed by atoms with van der Waals surface area (Å²) in [6, 6.07) is 15.9. The number of anilines is 3. The van der Waals surface area contributed by atoms with E-state index in [1.54, 1.807) is 27.9 Å². The predicted molar refractivity (Wildman–Crippen MR) is 502 cm³/mol. The molecule has 0 bridgehead atoms. The molecule has 11 N–H and O–H groups in total. The minimum atomic E-state index is -4.03. The van der Waals surface area contributed by atoms with Crippen LogP contribution in [0.15, 0.2) is 149 Å². The highest BCUT2D eigenvalue weighted by Gasteiger charge is 2.51. The number of hydrogen-bond donors (Lipinski definition) is 8. The summed E-state index contributed by atoms with van der Waals surface area (Å²) in [6.07, 6.45) is 3.42. The summed E-state index contributed by atoms with van der Waals surface area (Å²) < 4.78 is 149. The molecule has 132 heavy (non-hydrogen) atoms. The number of H-pyrrole nitrogens is 3. The zero-order valence-corrected chi connectivity index (χ0v) is 81.4. The summed E-state index contributed by atoms with van der Waals surface area (Å²) in [5.41, 5.74) is 20.8. The number of aromatic nitrogens is 12. The number of nitro benzene ring substituents is 1. The number of halogens is 6. The molecule has 16 rings (SSSR count). The largest absolute Gasteiger partial charge is 0.530 e. The summed E-state index contributed by atoms with van der Waals surface area (Å²) >= 11 is 17.8. The van der Waals surface area contributed by atoms with Gasteiger partial charge in [0.1, 0.15) is 23.2 Å². The highest BCUT2D eigenvalue weighted by Crippen LogP contribution is 2.61. The highest BCUT2D eigenvalue weighted by atomic mass is 35.5. The Bertz CT molecular complexity index is 6220. The molecule has 4 aromatic carbocycles. The Hall–Kier alpha value is -8.52. The number of fused-ring (bicyclic) bond motifs is 3. The number of nitrogens with two attached hydrogens (primary N) is 3. The number of rotatable bonds is 20. The molecule has 49 heteroatoms. The van der Waals surface area contributed by atoms with Crippen LogP contribution in [0.2, 0.25) is 51.3 Å². The van der Waals surface area contributed by atoms with E-state index >= 15 is 0 Å². The molecule has 0 amide bonds. The van der Waals surface area contributed by atoms with Gasteiger partial charge in [0.2, 0.25) is 17.8 Å². The zero-order valence-electron chi connectivity index (χ0n) is 73.3. The van der Waals surface area contributed by atoms with Crippen LogP contribution in [0.4, 0.5) is 36.7 Å². The second-order valence-corrected chi connectivity index (χ2v) is 50.4. The van der Waals surface area contributed by atoms with Gasteiger partial charge in [0.25, 0.3) is 22.4 Å². The van der Waals surface area contributed by atoms with E-state index in [0.717, 1.165) is 23.3 Å². The third-order valence-corrected chi connectivity index (χ3v) is 38.1. The van der Waals surface area contributed by atoms with Crippen molar-refractivity contribution in [3.63, 3.8) is 0 Å². The van der Waals surface area contributed by atoms with Crippen molar-refractivity contribution < 1.29 is 91.6 Å². The smallest absolute Gasteiger partial charge is 0.413 e. The van der Waals surface area contributed by atoms with E-state index in [1.807, 2.05) is 11.2 Å². The number of non-ortho nitro benzene ring substituents is 1. The minimum Gasteiger partial charge on any atom is -0.413 e. The first-order valence-electron chi connectivity index (χ1n) is 41.4. The number of phosphoric ester groups is 3. The fraction of sp³-hybridized carbons (Fsp3) is 0.458. The minimum absolute atomic E-state index is 0. The molecule has 3 saturated carbocycles. The maximum Gasteiger partial charge on any atom is 0.530 e. The molecular weight excluding hydrogens is 1900 g/mol. The lowest BCUT2D eigenvalue weighted by Gasteiger charge is -2.40. The number of aliphatic hydroxyl groups excluding tert-OH is 2. The Morgan fingerprint density at radius 1 is 0.553 bits per heavy atom. The Balaban J connectivity index is 0.000000172. The number of nitrogen functional groups attached to an aromatic ring is 3. The third kappa shape index (κ3) is 23.9. The first-order chi connectivity index (χ1) is 61.5. The van der Waals surface area contributed by atoms with Gasteiger partial charge in [0, 0.05) is 64.2 Å². The number of hydrogen-bond acceptors (Lipinski definition) is 30. The van der Waals surface area contributed by atoms with Crippen molar-refractivity contribution in [2.45, 2.75) is 179 Å². The van der Waals surface area contributed by atoms with Gasteiger partial charge in [-0.3, -0.25) is 75.6 Å². The Morgan fingerprint density at radius 3 is 1.23 bits per heavy atom. The summed E-state index contributed by atoms with van der Waals surface area (Å²) in [5.74, 6) is -2.73. The van der Waals surface area contributed by atoms with Gasteiger partial charge in [-0.1, -0.05) is 110 Å². The number of aromatic amines is 3. The van der Waals surface area contributed by atoms with Crippen LogP contribution in [0.1, 0.15) is 141 Å². The van der Waals surface area contributed by atoms with Crippen molar-refractivity contribution in [1.29, 1.82) is 0 Å². The Labute approximate surface area is 776 Å². The summed E-state index contributed by atoms with van der Waals surface area (Å²) in [4.78, 5) is 79.2. The fourth-order valence-corrected chi connectivity index (χ4v) is 22.9. The van der Waals surface area contributed by atoms with E-state index in [9.17, 15) is 61.6 Å². The van der Waals surface area contributed by atoms with Crippen molar-refractivity contribution >= 4 is 141 Å². The van der Waals surface area contributed by atoms with Gasteiger partial charge in [-0.15, -0.1) is 9.24 Å². The Morgan fingerprint density at radius 2 is 0.879 bits per heavy atom. The average molecular weight is 2010 g/mol. The lowest BCUT2D eigenvalue weighted by molar-refractivity contribution is -0.384. The lowest BCUT2D eigenvalue weighted by atomic mass is 10.0. The van der Waals surface area contributed by atoms with Gasteiger partial charge in [0.15, 0.2) is 50.1 Å². The van der Waals surface area contributed by atoms with Crippen LogP contribution in [0, 0.1) is 45.3 Å². The summed E-state index contributed by atoms with van der Waals surface area (Å²) in [5, 5.41) is 31.9. The molecule has 6 fully saturated rings. The molecule has 3 saturated heterocycles. The van der Waals surface area contributed by atoms with E-state index in [2.05, 4.69) is 142 Å². The fourth-order valence-electron chi connectivity index (χ4n) is 15.3. The van der Waals surface area contributed by atoms with Gasteiger partial charge in [-0.2, -0.15) is 15.0 Å². The number of imidazole rings is 3. The normalized spacial score (nSPS) is 25.7. The molecule has 0 radical (unpaired) electrons. The second-order valence-electron chi connectivity index (χ2n) is 34.7. The molecule has 3 aliphatic heterocycles. The van der Waals surface area contributed by atoms with Crippen molar-refractivity contribution in [3.8, 4) is 5.75 Å². The molecule has 0 spiro atoms. The van der Waals surface area contributed by atoms with Crippen LogP contribution in [0.3, 0.4) is 0 Å². The number of nitro groups is 1. The van der Waals surface area contributed by atoms with E-state index in [1.165, 1.54) is 67.0 Å². The first-order valence-corrected chi connectivity index (χ1v) is 53.8. The summed E-state index contributed by atoms with van der Waals surface area (Å²) in [6.45, 7) is 36.2. The lowest BCUT2D eigenvalue weighted by Crippen LogP contribution is -2.45. The van der Waals surface area contributed by atoms with Crippen LogP contribution in [0.25, 0.3) is 33.5 Å². The average Bonchev–Trinajstić information content (AvgIpc) is 1.61. The molecule has 16 atom stereocenters. The quantitative estimate of drug-likeness (QED) is 0.0115. The maximum atomic E-state index is 14.0. The van der Waals surface area contributed by atoms with Crippen LogP contribution in [-0.4, -0.2) is 155 Å². The number of benzene rings is 4. The van der Waals surface area contributed by atoms with Gasteiger partial charge in [-0.05, 0) is 156 Å². The van der Waals surface area contributed by atoms with E-state index in [0.29, 0.717) is 65.7 Å². The first kappa shape index (κ1) is 104. The van der Waals surface area contributed by atoms with Crippen molar-refractivity contribution in [3.05, 3.63) is 225 Å². The van der Waals surface area contributed by atoms with Crippen LogP contribution >= 0.6 is 67.5 Å². The monoisotopic (exact) mass is 2010 g/mol. The molecule has 10 aromatic rings. The third-order valence-electron chi connectivity index (χ3n) is 24.0. The van der Waals surface area contributed by atoms with Crippen molar-refractivity contribution in [2.24, 2.45) is 17.8 Å². The molecule has 37 nitrogen and oxygen atoms in total. The molecule has 716 valence electrons. The van der Waals surface area contributed by atoms with Crippen LogP contribution in [0.5, 0.6) is 5.75 Å². The van der Waals surface area contributed by atoms with Gasteiger partial charge in [0.05, 0.1) is 118 Å². The van der Waals surface area contributed by atoms with Gasteiger partial charge >= 0.3 is 23.5 Å². The molecule has 9 heterocycles. The van der Waals surface area contributed by atoms with Crippen LogP contribution < -0.4 is 38.4 Å². The highest BCUT2D eigenvalue weighted by molar-refractivity contribution is 7.49. The standard InChI is InChI=1S/C27H36ClFN5O6PSi.C21H22ClFN5O6P.C18H29N5O3Si.C15H12ClFNO6P.CH5P.CH4/c1-15-19(13-38-41(36)37-8-7-21(39-41)16-9-17(28)11-18(29)10-16)22(40-42(5,6)27(2,3)4)12-20(15)34-14-31-23-24(34)32-26(30)33-25(23)35;1-10-14(16(29)7-15(10)28-9-25-18-19(28)26-21(24)27-20(18)30)8-33-35(31)32-3-2-17(34-35)11-4-12(22)6-13(23)5-11;1-10-11(8-24)13(26-27(5,6)18(2,3)4)7-12(10)23-9-20-14-15(23)21-17(19)22-16(14)25;16-11-7-10(8-12(17)9-11)15-5-6-22-25(21,24-15)23-14-3-1-13(2-4-14)18(19)20;1-2;/h9-11,14,19-22H,1,7-8,12-13H2,2-6H3,(H3,30,32,33,35);4-6,9,14-17,29H,1-3,7-8H2,(H3,24,26,27,30);9,11-13,24H,1,7-8H2,2-6H3,(H3,19,21,22,25);1-4,7-9,15H,5-6H2;2H2,1H3;1H4/t19-,20?,21+,22-,41-;14-,15?,16-,17+,35-;11-,12?,13-;15-,25?;;/m0001../s1. The molecule has 6 aliphatic rings. The topological polar surface area (TPSA) is 505 Å². The molecule has 3 aliphatic carbocycles. The number of nitrogens with zero attached hydrogens (tertiary/aromatic N) is 10. The predicted octanol–water partition coefficient (Wildman–Crippen LogP) is 18.0. The van der Waals surface area contributed by atoms with Gasteiger partial charge in [-0.25, -0.2) is 41.8 Å². The summed E-state index contributed by atoms with van der Waals surface area (Å²) in [7, 11) is -13.9.